The predicted molar refractivity (Wildman–Crippen MR) is 142 cm³/mol. The summed E-state index contributed by atoms with van der Waals surface area (Å²) in [7, 11) is 0. The summed E-state index contributed by atoms with van der Waals surface area (Å²) < 4.78 is 0. The molecule has 5 aromatic carbocycles. The van der Waals surface area contributed by atoms with Crippen LogP contribution in [-0.2, 0) is 5.41 Å². The zero-order valence-electron chi connectivity index (χ0n) is 20.0. The van der Waals surface area contributed by atoms with Crippen molar-refractivity contribution in [2.75, 3.05) is 0 Å². The molecule has 1 nitrogen and oxygen atoms in total. The molecule has 0 saturated carbocycles. The highest BCUT2D eigenvalue weighted by Gasteiger charge is 2.19. The minimum absolute atomic E-state index is 0.105. The Morgan fingerprint density at radius 2 is 1.12 bits per heavy atom. The number of fused-ring (bicyclic) bond motifs is 2. The summed E-state index contributed by atoms with van der Waals surface area (Å²) in [4.78, 5) is 0. The summed E-state index contributed by atoms with van der Waals surface area (Å²) in [6.45, 7) is 10.9. The highest BCUT2D eigenvalue weighted by atomic mass is 16.3. The van der Waals surface area contributed by atoms with Crippen LogP contribution < -0.4 is 0 Å². The van der Waals surface area contributed by atoms with Gasteiger partial charge in [-0.3, -0.25) is 0 Å². The lowest BCUT2D eigenvalue weighted by atomic mass is 9.84. The topological polar surface area (TPSA) is 20.2 Å². The first kappa shape index (κ1) is 21.3. The maximum absolute atomic E-state index is 11.2. The lowest BCUT2D eigenvalue weighted by molar-refractivity contribution is 0.478. The summed E-state index contributed by atoms with van der Waals surface area (Å²) >= 11 is 0. The van der Waals surface area contributed by atoms with E-state index >= 15 is 0 Å². The Bertz CT molecular complexity index is 1500. The van der Waals surface area contributed by atoms with Gasteiger partial charge in [0.05, 0.1) is 0 Å². The number of aromatic hydroxyl groups is 1. The zero-order chi connectivity index (χ0) is 23.3. The third-order valence-corrected chi connectivity index (χ3v) is 6.64. The molecule has 0 aromatic heterocycles. The van der Waals surface area contributed by atoms with Gasteiger partial charge in [0, 0.05) is 11.1 Å². The summed E-state index contributed by atoms with van der Waals surface area (Å²) in [5, 5.41) is 15.7. The van der Waals surface area contributed by atoms with E-state index in [1.807, 2.05) is 12.1 Å². The van der Waals surface area contributed by atoms with Gasteiger partial charge < -0.3 is 5.11 Å². The number of benzene rings is 5. The van der Waals surface area contributed by atoms with Gasteiger partial charge in [-0.05, 0) is 63.6 Å². The van der Waals surface area contributed by atoms with Crippen LogP contribution in [0.1, 0.15) is 37.5 Å². The van der Waals surface area contributed by atoms with Crippen LogP contribution in [0.3, 0.4) is 0 Å². The zero-order valence-corrected chi connectivity index (χ0v) is 20.0. The van der Waals surface area contributed by atoms with Gasteiger partial charge in [-0.2, -0.15) is 0 Å². The van der Waals surface area contributed by atoms with Crippen molar-refractivity contribution in [1.29, 1.82) is 0 Å². The van der Waals surface area contributed by atoms with E-state index in [-0.39, 0.29) is 5.41 Å². The Morgan fingerprint density at radius 1 is 0.576 bits per heavy atom. The molecule has 0 saturated heterocycles. The smallest absolute Gasteiger partial charge is 0.124 e. The second-order valence-corrected chi connectivity index (χ2v) is 10.2. The van der Waals surface area contributed by atoms with Gasteiger partial charge in [-0.15, -0.1) is 0 Å². The number of rotatable bonds is 2. The van der Waals surface area contributed by atoms with Crippen LogP contribution in [0.25, 0.3) is 43.8 Å². The molecule has 0 fully saturated rings. The normalized spacial score (nSPS) is 11.9. The van der Waals surface area contributed by atoms with Gasteiger partial charge in [0.15, 0.2) is 0 Å². The molecule has 0 radical (unpaired) electrons. The van der Waals surface area contributed by atoms with Crippen LogP contribution >= 0.6 is 0 Å². The summed E-state index contributed by atoms with van der Waals surface area (Å²) in [5.74, 6) is 0.312. The van der Waals surface area contributed by atoms with Gasteiger partial charge in [0.25, 0.3) is 0 Å². The number of phenols is 1. The molecule has 0 aliphatic rings. The quantitative estimate of drug-likeness (QED) is 0.296. The molecule has 0 aliphatic heterocycles. The first-order valence-electron chi connectivity index (χ1n) is 11.6. The van der Waals surface area contributed by atoms with Crippen LogP contribution in [0, 0.1) is 13.8 Å². The van der Waals surface area contributed by atoms with Crippen molar-refractivity contribution >= 4 is 21.5 Å². The van der Waals surface area contributed by atoms with Gasteiger partial charge in [-0.1, -0.05) is 111 Å². The third kappa shape index (κ3) is 3.78. The van der Waals surface area contributed by atoms with Gasteiger partial charge in [0.2, 0.25) is 0 Å². The molecule has 33 heavy (non-hydrogen) atoms. The Balaban J connectivity index is 1.87. The van der Waals surface area contributed by atoms with Crippen molar-refractivity contribution in [3.63, 3.8) is 0 Å². The fraction of sp³-hybridized carbons (Fsp3) is 0.188. The number of hydrogen-bond donors (Lipinski definition) is 1. The van der Waals surface area contributed by atoms with Crippen molar-refractivity contribution in [3.8, 4) is 28.0 Å². The monoisotopic (exact) mass is 430 g/mol. The van der Waals surface area contributed by atoms with Crippen LogP contribution in [0.5, 0.6) is 5.75 Å². The van der Waals surface area contributed by atoms with Crippen LogP contribution in [0.4, 0.5) is 0 Å². The van der Waals surface area contributed by atoms with Crippen LogP contribution in [0.2, 0.25) is 0 Å². The molecule has 0 heterocycles. The van der Waals surface area contributed by atoms with E-state index < -0.39 is 0 Å². The molecule has 0 bridgehead atoms. The first-order chi connectivity index (χ1) is 15.7. The molecule has 0 aliphatic carbocycles. The van der Waals surface area contributed by atoms with Crippen LogP contribution in [0.15, 0.2) is 84.9 Å². The number of hydrogen-bond acceptors (Lipinski definition) is 1. The predicted octanol–water partition coefficient (Wildman–Crippen LogP) is 8.95. The summed E-state index contributed by atoms with van der Waals surface area (Å²) in [6, 6.07) is 30.1. The fourth-order valence-electron chi connectivity index (χ4n) is 4.81. The van der Waals surface area contributed by atoms with Gasteiger partial charge in [0.1, 0.15) is 5.75 Å². The third-order valence-electron chi connectivity index (χ3n) is 6.64. The SMILES string of the molecule is Cc1ccc2c(-c3c(-c4ccc(C(C)(C)C)cc4)ccc4cc(C)ccc34)c(O)ccc2c1. The standard InChI is InChI=1S/C32H30O/c1-20-6-14-27-23(18-20)10-16-26(22-8-12-25(13-9-22)32(3,4)5)30(27)31-28-15-7-21(2)19-24(28)11-17-29(31)33/h6-19,33H,1-5H3. The first-order valence-corrected chi connectivity index (χ1v) is 11.6. The molecule has 0 unspecified atom stereocenters. The maximum atomic E-state index is 11.2. The van der Waals surface area contributed by atoms with Crippen molar-refractivity contribution in [2.45, 2.75) is 40.0 Å². The second-order valence-electron chi connectivity index (χ2n) is 10.2. The lowest BCUT2D eigenvalue weighted by Crippen LogP contribution is -2.10. The van der Waals surface area contributed by atoms with Gasteiger partial charge >= 0.3 is 0 Å². The lowest BCUT2D eigenvalue weighted by Gasteiger charge is -2.21. The minimum atomic E-state index is 0.105. The van der Waals surface area contributed by atoms with Gasteiger partial charge in [-0.25, -0.2) is 0 Å². The fourth-order valence-corrected chi connectivity index (χ4v) is 4.81. The molecule has 5 aromatic rings. The highest BCUT2D eigenvalue weighted by Crippen LogP contribution is 2.45. The molecular weight excluding hydrogens is 400 g/mol. The molecule has 1 N–H and O–H groups in total. The van der Waals surface area contributed by atoms with Crippen molar-refractivity contribution in [2.24, 2.45) is 0 Å². The van der Waals surface area contributed by atoms with Crippen molar-refractivity contribution < 1.29 is 5.11 Å². The Kier molecular flexibility index (Phi) is 5.01. The average molecular weight is 431 g/mol. The Hall–Kier alpha value is -3.58. The molecule has 0 spiro atoms. The largest absolute Gasteiger partial charge is 0.507 e. The molecule has 0 atom stereocenters. The number of phenolic OH excluding ortho intramolecular Hbond substituents is 1. The van der Waals surface area contributed by atoms with Crippen LogP contribution in [-0.4, -0.2) is 5.11 Å². The molecule has 164 valence electrons. The highest BCUT2D eigenvalue weighted by molar-refractivity contribution is 6.12. The van der Waals surface area contributed by atoms with Crippen molar-refractivity contribution in [3.05, 3.63) is 102 Å². The summed E-state index contributed by atoms with van der Waals surface area (Å²) in [5.41, 5.74) is 8.14. The van der Waals surface area contributed by atoms with E-state index in [0.29, 0.717) is 5.75 Å². The van der Waals surface area contributed by atoms with E-state index in [9.17, 15) is 5.11 Å². The van der Waals surface area contributed by atoms with E-state index in [1.54, 1.807) is 0 Å². The van der Waals surface area contributed by atoms with E-state index in [0.717, 1.165) is 38.4 Å². The Labute approximate surface area is 196 Å². The molecule has 1 heteroatoms. The average Bonchev–Trinajstić information content (AvgIpc) is 2.78. The second kappa shape index (κ2) is 7.78. The Morgan fingerprint density at radius 3 is 1.70 bits per heavy atom. The summed E-state index contributed by atoms with van der Waals surface area (Å²) in [6.07, 6.45) is 0. The van der Waals surface area contributed by atoms with Crippen molar-refractivity contribution in [1.82, 2.24) is 0 Å². The molecular formula is C32H30O. The maximum Gasteiger partial charge on any atom is 0.124 e. The minimum Gasteiger partial charge on any atom is -0.507 e. The number of aryl methyl sites for hydroxylation is 2. The van der Waals surface area contributed by atoms with E-state index in [4.69, 9.17) is 0 Å². The van der Waals surface area contributed by atoms with E-state index in [2.05, 4.69) is 107 Å². The molecule has 0 amide bonds. The van der Waals surface area contributed by atoms with E-state index in [1.165, 1.54) is 22.1 Å². The molecule has 5 rings (SSSR count).